The quantitative estimate of drug-likeness (QED) is 0.900. The van der Waals surface area contributed by atoms with Crippen LogP contribution in [0.2, 0.25) is 0 Å². The van der Waals surface area contributed by atoms with Crippen molar-refractivity contribution in [1.29, 1.82) is 0 Å². The Bertz CT molecular complexity index is 459. The van der Waals surface area contributed by atoms with Gasteiger partial charge in [-0.2, -0.15) is 0 Å². The fraction of sp³-hybridized carbons (Fsp3) is 0.538. The summed E-state index contributed by atoms with van der Waals surface area (Å²) < 4.78 is 19.7. The van der Waals surface area contributed by atoms with Gasteiger partial charge in [-0.3, -0.25) is 0 Å². The third-order valence-electron chi connectivity index (χ3n) is 3.85. The summed E-state index contributed by atoms with van der Waals surface area (Å²) in [5.41, 5.74) is 5.69. The van der Waals surface area contributed by atoms with Crippen LogP contribution in [0.4, 0.5) is 4.39 Å². The molecule has 1 aliphatic carbocycles. The zero-order valence-electron chi connectivity index (χ0n) is 10.3. The molecule has 3 N–H and O–H groups in total. The van der Waals surface area contributed by atoms with Gasteiger partial charge in [0.05, 0.1) is 11.6 Å². The minimum atomic E-state index is -0.456. The lowest BCUT2D eigenvalue weighted by Crippen LogP contribution is -2.33. The lowest BCUT2D eigenvalue weighted by Gasteiger charge is -2.29. The van der Waals surface area contributed by atoms with Crippen LogP contribution in [-0.4, -0.2) is 18.8 Å². The summed E-state index contributed by atoms with van der Waals surface area (Å²) in [5.74, 6) is -0.282. The minimum absolute atomic E-state index is 0.128. The van der Waals surface area contributed by atoms with E-state index in [1.807, 2.05) is 0 Å². The number of ether oxygens (including phenoxy) is 1. The Hall–Kier alpha value is -0.810. The van der Waals surface area contributed by atoms with Crippen molar-refractivity contribution >= 4 is 15.9 Å². The van der Waals surface area contributed by atoms with Crippen molar-refractivity contribution in [2.24, 2.45) is 5.73 Å². The largest absolute Gasteiger partial charge is 0.504 e. The maximum Gasteiger partial charge on any atom is 0.175 e. The molecule has 0 saturated heterocycles. The fourth-order valence-electron chi connectivity index (χ4n) is 2.90. The van der Waals surface area contributed by atoms with Crippen LogP contribution in [0.15, 0.2) is 10.5 Å². The number of aromatic hydroxyl groups is 1. The zero-order valence-corrected chi connectivity index (χ0v) is 11.9. The van der Waals surface area contributed by atoms with E-state index >= 15 is 0 Å². The molecular weight excluding hydrogens is 301 g/mol. The molecule has 18 heavy (non-hydrogen) atoms. The Morgan fingerprint density at radius 2 is 2.11 bits per heavy atom. The molecule has 100 valence electrons. The van der Waals surface area contributed by atoms with Crippen molar-refractivity contribution in [3.05, 3.63) is 21.9 Å². The average Bonchev–Trinajstić information content (AvgIpc) is 2.78. The van der Waals surface area contributed by atoms with Crippen LogP contribution in [0.25, 0.3) is 0 Å². The maximum atomic E-state index is 14.2. The minimum Gasteiger partial charge on any atom is -0.504 e. The monoisotopic (exact) mass is 317 g/mol. The van der Waals surface area contributed by atoms with E-state index in [2.05, 4.69) is 15.9 Å². The Balaban J connectivity index is 2.63. The summed E-state index contributed by atoms with van der Waals surface area (Å²) >= 11 is 3.18. The van der Waals surface area contributed by atoms with Crippen LogP contribution in [-0.2, 0) is 5.41 Å². The lowest BCUT2D eigenvalue weighted by molar-refractivity contribution is 0.343. The van der Waals surface area contributed by atoms with Gasteiger partial charge in [0.1, 0.15) is 5.82 Å². The number of methoxy groups -OCH3 is 1. The van der Waals surface area contributed by atoms with E-state index < -0.39 is 11.2 Å². The summed E-state index contributed by atoms with van der Waals surface area (Å²) in [6.45, 7) is 0.336. The van der Waals surface area contributed by atoms with Crippen LogP contribution >= 0.6 is 15.9 Å². The van der Waals surface area contributed by atoms with Gasteiger partial charge < -0.3 is 15.6 Å². The SMILES string of the molecule is COc1c(Br)cc(F)c(C2(CN)CCCC2)c1O. The Kier molecular flexibility index (Phi) is 3.82. The number of phenols is 1. The smallest absolute Gasteiger partial charge is 0.175 e. The topological polar surface area (TPSA) is 55.5 Å². The molecule has 0 amide bonds. The third-order valence-corrected chi connectivity index (χ3v) is 4.44. The summed E-state index contributed by atoms with van der Waals surface area (Å²) in [5, 5.41) is 10.3. The molecule has 3 nitrogen and oxygen atoms in total. The standard InChI is InChI=1S/C13H17BrFNO2/c1-18-12-8(14)6-9(15)10(11(12)17)13(7-16)4-2-3-5-13/h6,17H,2-5,7,16H2,1H3. The summed E-state index contributed by atoms with van der Waals surface area (Å²) in [6, 6.07) is 1.34. The number of hydrogen-bond donors (Lipinski definition) is 2. The van der Waals surface area contributed by atoms with Crippen molar-refractivity contribution in [3.63, 3.8) is 0 Å². The molecule has 0 unspecified atom stereocenters. The van der Waals surface area contributed by atoms with Crippen molar-refractivity contribution in [1.82, 2.24) is 0 Å². The van der Waals surface area contributed by atoms with Gasteiger partial charge in [-0.15, -0.1) is 0 Å². The normalized spacial score (nSPS) is 18.0. The van der Waals surface area contributed by atoms with Gasteiger partial charge in [0.15, 0.2) is 11.5 Å². The van der Waals surface area contributed by atoms with Crippen LogP contribution in [0, 0.1) is 5.82 Å². The molecule has 0 spiro atoms. The summed E-state index contributed by atoms with van der Waals surface area (Å²) in [6.07, 6.45) is 3.63. The number of hydrogen-bond acceptors (Lipinski definition) is 3. The molecule has 0 atom stereocenters. The second kappa shape index (κ2) is 5.05. The molecule has 2 rings (SSSR count). The summed E-state index contributed by atoms with van der Waals surface area (Å²) in [4.78, 5) is 0. The number of phenolic OH excluding ortho intramolecular Hbond substituents is 1. The van der Waals surface area contributed by atoms with E-state index in [4.69, 9.17) is 10.5 Å². The second-order valence-corrected chi connectivity index (χ2v) is 5.64. The second-order valence-electron chi connectivity index (χ2n) is 4.79. The highest BCUT2D eigenvalue weighted by Gasteiger charge is 2.40. The first-order valence-corrected chi connectivity index (χ1v) is 6.80. The predicted octanol–water partition coefficient (Wildman–Crippen LogP) is 3.07. The zero-order chi connectivity index (χ0) is 13.3. The first kappa shape index (κ1) is 13.6. The van der Waals surface area contributed by atoms with E-state index in [0.717, 1.165) is 25.7 Å². The third kappa shape index (κ3) is 1.99. The van der Waals surface area contributed by atoms with E-state index in [9.17, 15) is 9.50 Å². The molecular formula is C13H17BrFNO2. The van der Waals surface area contributed by atoms with Crippen molar-refractivity contribution < 1.29 is 14.2 Å². The molecule has 1 aliphatic rings. The van der Waals surface area contributed by atoms with Crippen LogP contribution < -0.4 is 10.5 Å². The van der Waals surface area contributed by atoms with E-state index in [0.29, 0.717) is 16.6 Å². The molecule has 1 aromatic rings. The van der Waals surface area contributed by atoms with E-state index in [1.54, 1.807) is 0 Å². The van der Waals surface area contributed by atoms with Crippen molar-refractivity contribution in [2.75, 3.05) is 13.7 Å². The number of halogens is 2. The molecule has 0 aromatic heterocycles. The van der Waals surface area contributed by atoms with Crippen LogP contribution in [0.3, 0.4) is 0 Å². The molecule has 1 fully saturated rings. The Labute approximate surface area is 114 Å². The molecule has 0 bridgehead atoms. The number of benzene rings is 1. The van der Waals surface area contributed by atoms with Gasteiger partial charge in [-0.25, -0.2) is 4.39 Å². The Morgan fingerprint density at radius 1 is 1.50 bits per heavy atom. The van der Waals surface area contributed by atoms with Gasteiger partial charge in [-0.1, -0.05) is 12.8 Å². The van der Waals surface area contributed by atoms with Crippen molar-refractivity contribution in [2.45, 2.75) is 31.1 Å². The van der Waals surface area contributed by atoms with Gasteiger partial charge in [-0.05, 0) is 34.8 Å². The highest BCUT2D eigenvalue weighted by Crippen LogP contribution is 2.49. The first-order chi connectivity index (χ1) is 8.55. The highest BCUT2D eigenvalue weighted by molar-refractivity contribution is 9.10. The predicted molar refractivity (Wildman–Crippen MR) is 71.5 cm³/mol. The van der Waals surface area contributed by atoms with Gasteiger partial charge in [0.2, 0.25) is 0 Å². The summed E-state index contributed by atoms with van der Waals surface area (Å²) in [7, 11) is 1.45. The fourth-order valence-corrected chi connectivity index (χ4v) is 3.45. The molecule has 0 heterocycles. The van der Waals surface area contributed by atoms with Crippen LogP contribution in [0.5, 0.6) is 11.5 Å². The van der Waals surface area contributed by atoms with E-state index in [-0.39, 0.29) is 11.5 Å². The molecule has 0 aliphatic heterocycles. The molecule has 5 heteroatoms. The van der Waals surface area contributed by atoms with Gasteiger partial charge in [0, 0.05) is 17.5 Å². The Morgan fingerprint density at radius 3 is 2.61 bits per heavy atom. The van der Waals surface area contributed by atoms with Gasteiger partial charge >= 0.3 is 0 Å². The lowest BCUT2D eigenvalue weighted by atomic mass is 9.78. The maximum absolute atomic E-state index is 14.2. The highest BCUT2D eigenvalue weighted by atomic mass is 79.9. The molecule has 1 aromatic carbocycles. The molecule has 0 radical (unpaired) electrons. The first-order valence-electron chi connectivity index (χ1n) is 6.01. The van der Waals surface area contributed by atoms with E-state index in [1.165, 1.54) is 13.2 Å². The van der Waals surface area contributed by atoms with Crippen molar-refractivity contribution in [3.8, 4) is 11.5 Å². The number of rotatable bonds is 3. The molecule has 1 saturated carbocycles. The van der Waals surface area contributed by atoms with Crippen LogP contribution in [0.1, 0.15) is 31.2 Å². The number of nitrogens with two attached hydrogens (primary N) is 1. The average molecular weight is 318 g/mol. The van der Waals surface area contributed by atoms with Gasteiger partial charge in [0.25, 0.3) is 0 Å².